The minimum Gasteiger partial charge on any atom is -0.489 e. The van der Waals surface area contributed by atoms with E-state index in [0.29, 0.717) is 13.2 Å². The van der Waals surface area contributed by atoms with Gasteiger partial charge in [0.2, 0.25) is 0 Å². The van der Waals surface area contributed by atoms with Crippen molar-refractivity contribution in [1.82, 2.24) is 4.98 Å². The summed E-state index contributed by atoms with van der Waals surface area (Å²) in [5, 5.41) is 4.56. The standard InChI is InChI=1S/C13H13Br2NO2S/c14-5-6-17-11-3-1-2-4-12(11)18-8-13-16-10(7-15)9-19-13/h1-4,9H,5-8H2. The number of halogens is 2. The van der Waals surface area contributed by atoms with Crippen molar-refractivity contribution >= 4 is 43.2 Å². The van der Waals surface area contributed by atoms with Gasteiger partial charge in [-0.1, -0.05) is 44.0 Å². The molecule has 0 unspecified atom stereocenters. The van der Waals surface area contributed by atoms with Crippen molar-refractivity contribution in [1.29, 1.82) is 0 Å². The molecule has 2 rings (SSSR count). The molecular weight excluding hydrogens is 394 g/mol. The molecule has 6 heteroatoms. The van der Waals surface area contributed by atoms with Crippen LogP contribution in [-0.4, -0.2) is 16.9 Å². The van der Waals surface area contributed by atoms with E-state index in [1.165, 1.54) is 0 Å². The van der Waals surface area contributed by atoms with Crippen LogP contribution >= 0.6 is 43.2 Å². The maximum absolute atomic E-state index is 5.77. The molecule has 0 amide bonds. The van der Waals surface area contributed by atoms with E-state index in [-0.39, 0.29) is 0 Å². The summed E-state index contributed by atoms with van der Waals surface area (Å²) >= 11 is 8.33. The number of aromatic nitrogens is 1. The molecule has 0 aliphatic carbocycles. The fourth-order valence-corrected chi connectivity index (χ4v) is 2.82. The average Bonchev–Trinajstić information content (AvgIpc) is 2.91. The smallest absolute Gasteiger partial charge is 0.161 e. The number of thiazole rings is 1. The van der Waals surface area contributed by atoms with Gasteiger partial charge in [-0.05, 0) is 12.1 Å². The maximum atomic E-state index is 5.77. The molecule has 0 saturated carbocycles. The van der Waals surface area contributed by atoms with Gasteiger partial charge in [0, 0.05) is 16.0 Å². The van der Waals surface area contributed by atoms with Gasteiger partial charge in [0.25, 0.3) is 0 Å². The second-order valence-electron chi connectivity index (χ2n) is 3.64. The van der Waals surface area contributed by atoms with Gasteiger partial charge in [-0.25, -0.2) is 4.98 Å². The van der Waals surface area contributed by atoms with E-state index >= 15 is 0 Å². The van der Waals surface area contributed by atoms with Crippen molar-refractivity contribution in [3.63, 3.8) is 0 Å². The maximum Gasteiger partial charge on any atom is 0.161 e. The molecule has 19 heavy (non-hydrogen) atoms. The Bertz CT molecular complexity index is 519. The Hall–Kier alpha value is -0.590. The molecule has 0 N–H and O–H groups in total. The van der Waals surface area contributed by atoms with Crippen LogP contribution in [0.5, 0.6) is 11.5 Å². The summed E-state index contributed by atoms with van der Waals surface area (Å²) in [6.45, 7) is 1.08. The molecule has 0 aliphatic rings. The van der Waals surface area contributed by atoms with Gasteiger partial charge < -0.3 is 9.47 Å². The van der Waals surface area contributed by atoms with Crippen LogP contribution in [0.3, 0.4) is 0 Å². The van der Waals surface area contributed by atoms with Gasteiger partial charge in [-0.15, -0.1) is 11.3 Å². The summed E-state index contributed by atoms with van der Waals surface area (Å²) < 4.78 is 11.4. The van der Waals surface area contributed by atoms with Gasteiger partial charge in [-0.3, -0.25) is 0 Å². The van der Waals surface area contributed by atoms with E-state index in [4.69, 9.17) is 9.47 Å². The monoisotopic (exact) mass is 405 g/mol. The molecule has 102 valence electrons. The molecule has 3 nitrogen and oxygen atoms in total. The lowest BCUT2D eigenvalue weighted by atomic mass is 10.3. The van der Waals surface area contributed by atoms with Gasteiger partial charge in [-0.2, -0.15) is 0 Å². The second-order valence-corrected chi connectivity index (χ2v) is 5.94. The van der Waals surface area contributed by atoms with Crippen LogP contribution in [-0.2, 0) is 11.9 Å². The number of nitrogens with zero attached hydrogens (tertiary/aromatic N) is 1. The summed E-state index contributed by atoms with van der Waals surface area (Å²) in [6, 6.07) is 7.68. The molecular formula is C13H13Br2NO2S. The van der Waals surface area contributed by atoms with Crippen LogP contribution in [0.25, 0.3) is 0 Å². The third kappa shape index (κ3) is 4.47. The molecule has 0 spiro atoms. The minimum atomic E-state index is 0.465. The van der Waals surface area contributed by atoms with Crippen molar-refractivity contribution in [2.75, 3.05) is 11.9 Å². The van der Waals surface area contributed by atoms with Crippen molar-refractivity contribution in [2.24, 2.45) is 0 Å². The molecule has 1 heterocycles. The van der Waals surface area contributed by atoms with E-state index in [1.54, 1.807) is 11.3 Å². The lowest BCUT2D eigenvalue weighted by Gasteiger charge is -2.10. The lowest BCUT2D eigenvalue weighted by Crippen LogP contribution is -2.01. The third-order valence-corrected chi connectivity index (χ3v) is 4.04. The van der Waals surface area contributed by atoms with Gasteiger partial charge in [0.1, 0.15) is 11.6 Å². The molecule has 0 bridgehead atoms. The highest BCUT2D eigenvalue weighted by Gasteiger charge is 2.06. The average molecular weight is 407 g/mol. The van der Waals surface area contributed by atoms with Crippen molar-refractivity contribution < 1.29 is 9.47 Å². The van der Waals surface area contributed by atoms with Gasteiger partial charge in [0.15, 0.2) is 11.5 Å². The predicted molar refractivity (Wildman–Crippen MR) is 84.8 cm³/mol. The molecule has 1 aromatic carbocycles. The predicted octanol–water partition coefficient (Wildman–Crippen LogP) is 4.39. The molecule has 0 atom stereocenters. The summed E-state index contributed by atoms with van der Waals surface area (Å²) in [5.41, 5.74) is 1.03. The van der Waals surface area contributed by atoms with Gasteiger partial charge >= 0.3 is 0 Å². The molecule has 2 aromatic rings. The van der Waals surface area contributed by atoms with Crippen LogP contribution in [0.4, 0.5) is 0 Å². The highest BCUT2D eigenvalue weighted by Crippen LogP contribution is 2.27. The Morgan fingerprint density at radius 3 is 2.47 bits per heavy atom. The Morgan fingerprint density at radius 1 is 1.11 bits per heavy atom. The van der Waals surface area contributed by atoms with Crippen molar-refractivity contribution in [3.8, 4) is 11.5 Å². The molecule has 0 aliphatic heterocycles. The van der Waals surface area contributed by atoms with E-state index in [1.807, 2.05) is 29.6 Å². The van der Waals surface area contributed by atoms with Crippen molar-refractivity contribution in [2.45, 2.75) is 11.9 Å². The van der Waals surface area contributed by atoms with Crippen LogP contribution < -0.4 is 9.47 Å². The van der Waals surface area contributed by atoms with Crippen LogP contribution in [0.2, 0.25) is 0 Å². The first kappa shape index (κ1) is 14.8. The molecule has 0 saturated heterocycles. The summed E-state index contributed by atoms with van der Waals surface area (Å²) in [4.78, 5) is 4.43. The Morgan fingerprint density at radius 2 is 1.84 bits per heavy atom. The van der Waals surface area contributed by atoms with E-state index in [0.717, 1.165) is 32.9 Å². The molecule has 0 radical (unpaired) electrons. The second kappa shape index (κ2) is 7.87. The zero-order valence-corrected chi connectivity index (χ0v) is 14.1. The van der Waals surface area contributed by atoms with E-state index in [9.17, 15) is 0 Å². The fourth-order valence-electron chi connectivity index (χ4n) is 1.45. The minimum absolute atomic E-state index is 0.465. The Kier molecular flexibility index (Phi) is 6.13. The SMILES string of the molecule is BrCCOc1ccccc1OCc1nc(CBr)cs1. The topological polar surface area (TPSA) is 31.4 Å². The number of benzene rings is 1. The zero-order chi connectivity index (χ0) is 13.5. The van der Waals surface area contributed by atoms with Crippen molar-refractivity contribution in [3.05, 3.63) is 40.3 Å². The largest absolute Gasteiger partial charge is 0.489 e. The first-order valence-electron chi connectivity index (χ1n) is 5.73. The summed E-state index contributed by atoms with van der Waals surface area (Å²) in [6.07, 6.45) is 0. The lowest BCUT2D eigenvalue weighted by molar-refractivity contribution is 0.270. The number of hydrogen-bond donors (Lipinski definition) is 0. The molecule has 0 fully saturated rings. The number of ether oxygens (including phenoxy) is 2. The number of hydrogen-bond acceptors (Lipinski definition) is 4. The van der Waals surface area contributed by atoms with Crippen LogP contribution in [0, 0.1) is 0 Å². The Balaban J connectivity index is 1.98. The fraction of sp³-hybridized carbons (Fsp3) is 0.308. The number of rotatable bonds is 7. The quantitative estimate of drug-likeness (QED) is 0.639. The number of alkyl halides is 2. The molecule has 1 aromatic heterocycles. The van der Waals surface area contributed by atoms with Crippen LogP contribution in [0.15, 0.2) is 29.6 Å². The summed E-state index contributed by atoms with van der Waals surface area (Å²) in [7, 11) is 0. The Labute approximate surface area is 133 Å². The normalized spacial score (nSPS) is 10.4. The van der Waals surface area contributed by atoms with E-state index in [2.05, 4.69) is 36.8 Å². The highest BCUT2D eigenvalue weighted by molar-refractivity contribution is 9.09. The highest BCUT2D eigenvalue weighted by atomic mass is 79.9. The number of para-hydroxylation sites is 2. The first-order valence-corrected chi connectivity index (χ1v) is 8.85. The van der Waals surface area contributed by atoms with Gasteiger partial charge in [0.05, 0.1) is 12.3 Å². The van der Waals surface area contributed by atoms with Crippen LogP contribution in [0.1, 0.15) is 10.7 Å². The summed E-state index contributed by atoms with van der Waals surface area (Å²) in [5.74, 6) is 1.51. The third-order valence-electron chi connectivity index (χ3n) is 2.27. The van der Waals surface area contributed by atoms with E-state index < -0.39 is 0 Å². The first-order chi connectivity index (χ1) is 9.33. The zero-order valence-electron chi connectivity index (χ0n) is 10.1.